The molecule has 4 aromatic rings. The van der Waals surface area contributed by atoms with E-state index in [0.29, 0.717) is 22.3 Å². The third kappa shape index (κ3) is 3.09. The molecule has 0 atom stereocenters. The average Bonchev–Trinajstić information content (AvgIpc) is 2.74. The van der Waals surface area contributed by atoms with Gasteiger partial charge >= 0.3 is 0 Å². The van der Waals surface area contributed by atoms with Gasteiger partial charge in [0.05, 0.1) is 18.1 Å². The Morgan fingerprint density at radius 3 is 2.18 bits per heavy atom. The summed E-state index contributed by atoms with van der Waals surface area (Å²) in [5, 5.41) is 0.588. The summed E-state index contributed by atoms with van der Waals surface area (Å²) in [7, 11) is 1.63. The summed E-state index contributed by atoms with van der Waals surface area (Å²) >= 11 is 0. The van der Waals surface area contributed by atoms with E-state index in [2.05, 4.69) is 12.1 Å². The summed E-state index contributed by atoms with van der Waals surface area (Å²) in [6, 6.07) is 21.9. The van der Waals surface area contributed by atoms with E-state index in [4.69, 9.17) is 9.15 Å². The minimum Gasteiger partial charge on any atom is -0.496 e. The van der Waals surface area contributed by atoms with Crippen molar-refractivity contribution in [1.29, 1.82) is 0 Å². The molecule has 0 aliphatic carbocycles. The van der Waals surface area contributed by atoms with E-state index in [-0.39, 0.29) is 5.43 Å². The van der Waals surface area contributed by atoms with Crippen LogP contribution in [0.4, 0.5) is 0 Å². The van der Waals surface area contributed by atoms with Gasteiger partial charge in [-0.25, -0.2) is 0 Å². The zero-order valence-corrected chi connectivity index (χ0v) is 16.3. The molecule has 3 nitrogen and oxygen atoms in total. The van der Waals surface area contributed by atoms with Crippen molar-refractivity contribution in [1.82, 2.24) is 0 Å². The maximum atomic E-state index is 13.3. The molecule has 0 saturated heterocycles. The fraction of sp³-hybridized carbons (Fsp3) is 0.160. The fourth-order valence-corrected chi connectivity index (χ4v) is 3.64. The van der Waals surface area contributed by atoms with Crippen molar-refractivity contribution < 1.29 is 9.15 Å². The first-order valence-electron chi connectivity index (χ1n) is 9.42. The molecule has 0 N–H and O–H groups in total. The van der Waals surface area contributed by atoms with Gasteiger partial charge in [0.25, 0.3) is 0 Å². The normalized spacial score (nSPS) is 11.0. The highest BCUT2D eigenvalue weighted by Crippen LogP contribution is 2.30. The Hall–Kier alpha value is -3.33. The molecule has 1 aromatic heterocycles. The van der Waals surface area contributed by atoms with Gasteiger partial charge in [0.2, 0.25) is 5.43 Å². The highest BCUT2D eigenvalue weighted by atomic mass is 16.5. The van der Waals surface area contributed by atoms with Gasteiger partial charge < -0.3 is 9.15 Å². The summed E-state index contributed by atoms with van der Waals surface area (Å²) in [4.78, 5) is 13.3. The van der Waals surface area contributed by atoms with Crippen molar-refractivity contribution in [2.45, 2.75) is 20.3 Å². The molecule has 140 valence electrons. The molecule has 4 rings (SSSR count). The van der Waals surface area contributed by atoms with Gasteiger partial charge in [-0.1, -0.05) is 61.5 Å². The topological polar surface area (TPSA) is 39.4 Å². The van der Waals surface area contributed by atoms with Gasteiger partial charge in [0, 0.05) is 6.07 Å². The van der Waals surface area contributed by atoms with Crippen LogP contribution >= 0.6 is 0 Å². The Morgan fingerprint density at radius 1 is 0.893 bits per heavy atom. The van der Waals surface area contributed by atoms with Gasteiger partial charge in [-0.2, -0.15) is 0 Å². The molecule has 0 fully saturated rings. The maximum absolute atomic E-state index is 13.3. The molecule has 3 aromatic carbocycles. The molecular weight excluding hydrogens is 348 g/mol. The Balaban J connectivity index is 1.85. The third-order valence-corrected chi connectivity index (χ3v) is 5.13. The molecular formula is C25H22O3. The molecule has 28 heavy (non-hydrogen) atoms. The first kappa shape index (κ1) is 18.1. The number of fused-ring (bicyclic) bond motifs is 1. The Kier molecular flexibility index (Phi) is 4.74. The molecule has 0 radical (unpaired) electrons. The summed E-state index contributed by atoms with van der Waals surface area (Å²) in [5.74, 6) is 1.36. The second-order valence-corrected chi connectivity index (χ2v) is 6.82. The summed E-state index contributed by atoms with van der Waals surface area (Å²) in [6.45, 7) is 3.88. The van der Waals surface area contributed by atoms with Gasteiger partial charge in [0.1, 0.15) is 17.1 Å². The summed E-state index contributed by atoms with van der Waals surface area (Å²) in [5.41, 5.74) is 5.28. The number of aryl methyl sites for hydroxylation is 2. The molecule has 0 amide bonds. The highest BCUT2D eigenvalue weighted by molar-refractivity contribution is 5.85. The average molecular weight is 370 g/mol. The molecule has 0 unspecified atom stereocenters. The summed E-state index contributed by atoms with van der Waals surface area (Å²) in [6.07, 6.45) is 0.785. The van der Waals surface area contributed by atoms with E-state index < -0.39 is 0 Å². The van der Waals surface area contributed by atoms with E-state index in [1.54, 1.807) is 7.11 Å². The van der Waals surface area contributed by atoms with Crippen molar-refractivity contribution in [2.24, 2.45) is 0 Å². The van der Waals surface area contributed by atoms with Crippen LogP contribution in [0.3, 0.4) is 0 Å². The van der Waals surface area contributed by atoms with Gasteiger partial charge in [-0.05, 0) is 41.7 Å². The van der Waals surface area contributed by atoms with Crippen LogP contribution in [0.25, 0.3) is 33.2 Å². The zero-order valence-electron chi connectivity index (χ0n) is 16.3. The second-order valence-electron chi connectivity index (χ2n) is 6.82. The fourth-order valence-electron chi connectivity index (χ4n) is 3.64. The molecule has 0 bridgehead atoms. The van der Waals surface area contributed by atoms with Crippen LogP contribution in [0.15, 0.2) is 75.9 Å². The largest absolute Gasteiger partial charge is 0.496 e. The number of methoxy groups -OCH3 is 1. The number of hydrogen-bond acceptors (Lipinski definition) is 3. The number of benzene rings is 3. The van der Waals surface area contributed by atoms with Crippen molar-refractivity contribution in [3.05, 3.63) is 88.3 Å². The number of ether oxygens (including phenoxy) is 1. The van der Waals surface area contributed by atoms with Gasteiger partial charge in [-0.15, -0.1) is 0 Å². The quantitative estimate of drug-likeness (QED) is 0.442. The SMILES string of the molecule is CCc1cc2c(=O)c(-c3ccc(-c4ccccc4)cc3)c(C)oc2cc1OC. The zero-order chi connectivity index (χ0) is 19.7. The van der Waals surface area contributed by atoms with Crippen molar-refractivity contribution in [3.8, 4) is 28.0 Å². The van der Waals surface area contributed by atoms with Crippen LogP contribution in [0.2, 0.25) is 0 Å². The third-order valence-electron chi connectivity index (χ3n) is 5.13. The lowest BCUT2D eigenvalue weighted by Crippen LogP contribution is -2.08. The lowest BCUT2D eigenvalue weighted by Gasteiger charge is -2.11. The Bertz CT molecular complexity index is 1190. The van der Waals surface area contributed by atoms with Crippen molar-refractivity contribution in [3.63, 3.8) is 0 Å². The van der Waals surface area contributed by atoms with Gasteiger partial charge in [0.15, 0.2) is 0 Å². The van der Waals surface area contributed by atoms with E-state index >= 15 is 0 Å². The van der Waals surface area contributed by atoms with Crippen LogP contribution in [0, 0.1) is 6.92 Å². The molecule has 0 spiro atoms. The lowest BCUT2D eigenvalue weighted by atomic mass is 9.98. The van der Waals surface area contributed by atoms with E-state index in [9.17, 15) is 4.79 Å². The smallest absolute Gasteiger partial charge is 0.200 e. The van der Waals surface area contributed by atoms with Crippen LogP contribution < -0.4 is 10.2 Å². The van der Waals surface area contributed by atoms with E-state index in [0.717, 1.165) is 34.4 Å². The lowest BCUT2D eigenvalue weighted by molar-refractivity contribution is 0.409. The van der Waals surface area contributed by atoms with E-state index in [1.165, 1.54) is 0 Å². The molecule has 0 aliphatic rings. The predicted octanol–water partition coefficient (Wildman–Crippen LogP) is 6.01. The van der Waals surface area contributed by atoms with Gasteiger partial charge in [-0.3, -0.25) is 4.79 Å². The molecule has 0 saturated carbocycles. The first-order chi connectivity index (χ1) is 13.6. The second kappa shape index (κ2) is 7.35. The van der Waals surface area contributed by atoms with Crippen LogP contribution in [-0.2, 0) is 6.42 Å². The molecule has 1 heterocycles. The molecule has 0 aliphatic heterocycles. The Labute approximate surface area is 164 Å². The minimum atomic E-state index is -0.0106. The van der Waals surface area contributed by atoms with E-state index in [1.807, 2.05) is 68.4 Å². The van der Waals surface area contributed by atoms with Crippen LogP contribution in [0.1, 0.15) is 18.2 Å². The highest BCUT2D eigenvalue weighted by Gasteiger charge is 2.16. The number of hydrogen-bond donors (Lipinski definition) is 0. The van der Waals surface area contributed by atoms with Crippen LogP contribution in [0.5, 0.6) is 5.75 Å². The first-order valence-corrected chi connectivity index (χ1v) is 9.42. The monoisotopic (exact) mass is 370 g/mol. The molecule has 3 heteroatoms. The minimum absolute atomic E-state index is 0.0106. The predicted molar refractivity (Wildman–Crippen MR) is 114 cm³/mol. The van der Waals surface area contributed by atoms with Crippen molar-refractivity contribution in [2.75, 3.05) is 7.11 Å². The van der Waals surface area contributed by atoms with Crippen LogP contribution in [-0.4, -0.2) is 7.11 Å². The Morgan fingerprint density at radius 2 is 1.54 bits per heavy atom. The standard InChI is InChI=1S/C25H22O3/c1-4-17-14-21-23(15-22(17)27-3)28-16(2)24(25(21)26)20-12-10-19(11-13-20)18-8-6-5-7-9-18/h5-15H,4H2,1-3H3. The maximum Gasteiger partial charge on any atom is 0.200 e. The summed E-state index contributed by atoms with van der Waals surface area (Å²) < 4.78 is 11.4. The van der Waals surface area contributed by atoms with Crippen molar-refractivity contribution >= 4 is 11.0 Å². The number of rotatable bonds is 4.